The zero-order valence-corrected chi connectivity index (χ0v) is 9.40. The molecule has 0 saturated carbocycles. The van der Waals surface area contributed by atoms with Crippen LogP contribution in [-0.4, -0.2) is 64.6 Å². The molecule has 1 saturated heterocycles. The van der Waals surface area contributed by atoms with Gasteiger partial charge in [-0.2, -0.15) is 0 Å². The van der Waals surface area contributed by atoms with Gasteiger partial charge in [0, 0.05) is 31.7 Å². The van der Waals surface area contributed by atoms with Crippen LogP contribution in [-0.2, 0) is 0 Å². The maximum Gasteiger partial charge on any atom is 0.120 e. The average Bonchev–Trinajstić information content (AvgIpc) is 2.07. The van der Waals surface area contributed by atoms with Crippen molar-refractivity contribution in [3.05, 3.63) is 0 Å². The van der Waals surface area contributed by atoms with Gasteiger partial charge in [-0.05, 0) is 20.8 Å². The van der Waals surface area contributed by atoms with Crippen molar-refractivity contribution in [1.82, 2.24) is 9.80 Å². The third-order valence-electron chi connectivity index (χ3n) is 2.80. The van der Waals surface area contributed by atoms with Crippen molar-refractivity contribution in [1.29, 1.82) is 0 Å². The number of aliphatic hydroxyl groups is 2. The number of nitrogens with zero attached hydrogens (tertiary/aromatic N) is 2. The van der Waals surface area contributed by atoms with Crippen LogP contribution in [0.3, 0.4) is 0 Å². The van der Waals surface area contributed by atoms with Crippen LogP contribution in [0.5, 0.6) is 0 Å². The lowest BCUT2D eigenvalue weighted by Crippen LogP contribution is -2.58. The van der Waals surface area contributed by atoms with Gasteiger partial charge in [0.05, 0.1) is 6.61 Å². The second-order valence-corrected chi connectivity index (χ2v) is 4.86. The van der Waals surface area contributed by atoms with Gasteiger partial charge in [-0.15, -0.1) is 0 Å². The Morgan fingerprint density at radius 1 is 1.29 bits per heavy atom. The highest BCUT2D eigenvalue weighted by molar-refractivity contribution is 4.83. The molecule has 0 spiro atoms. The molecule has 1 atom stereocenters. The first kappa shape index (κ1) is 11.9. The van der Waals surface area contributed by atoms with Gasteiger partial charge >= 0.3 is 0 Å². The van der Waals surface area contributed by atoms with E-state index in [4.69, 9.17) is 5.11 Å². The van der Waals surface area contributed by atoms with Crippen LogP contribution >= 0.6 is 0 Å². The van der Waals surface area contributed by atoms with Crippen molar-refractivity contribution < 1.29 is 10.2 Å². The minimum atomic E-state index is -0.435. The quantitative estimate of drug-likeness (QED) is 0.646. The van der Waals surface area contributed by atoms with E-state index in [0.29, 0.717) is 13.1 Å². The van der Waals surface area contributed by atoms with Gasteiger partial charge in [-0.1, -0.05) is 0 Å². The lowest BCUT2D eigenvalue weighted by Gasteiger charge is -2.44. The molecule has 1 rings (SSSR count). The summed E-state index contributed by atoms with van der Waals surface area (Å²) in [6.07, 6.45) is -0.435. The molecular formula is C10H22N2O2. The molecular weight excluding hydrogens is 180 g/mol. The Labute approximate surface area is 86.1 Å². The van der Waals surface area contributed by atoms with Crippen LogP contribution in [0, 0.1) is 0 Å². The predicted octanol–water partition coefficient (Wildman–Crippen LogP) is -0.287. The van der Waals surface area contributed by atoms with E-state index in [1.807, 2.05) is 4.90 Å². The highest BCUT2D eigenvalue weighted by Gasteiger charge is 2.30. The molecule has 1 fully saturated rings. The van der Waals surface area contributed by atoms with Gasteiger partial charge in [0.15, 0.2) is 0 Å². The van der Waals surface area contributed by atoms with Crippen LogP contribution in [0.2, 0.25) is 0 Å². The number of hydrogen-bond acceptors (Lipinski definition) is 4. The SMILES string of the molecule is CC(C)(C)N1CCN(CCO)C(O)C1. The highest BCUT2D eigenvalue weighted by Crippen LogP contribution is 2.17. The second-order valence-electron chi connectivity index (χ2n) is 4.86. The molecule has 1 aliphatic heterocycles. The van der Waals surface area contributed by atoms with E-state index in [0.717, 1.165) is 13.1 Å². The van der Waals surface area contributed by atoms with E-state index < -0.39 is 6.23 Å². The second kappa shape index (κ2) is 4.57. The van der Waals surface area contributed by atoms with Crippen molar-refractivity contribution in [2.24, 2.45) is 0 Å². The van der Waals surface area contributed by atoms with E-state index in [-0.39, 0.29) is 12.1 Å². The molecule has 4 heteroatoms. The van der Waals surface area contributed by atoms with E-state index in [1.165, 1.54) is 0 Å². The number of hydrogen-bond donors (Lipinski definition) is 2. The third-order valence-corrected chi connectivity index (χ3v) is 2.80. The van der Waals surface area contributed by atoms with Gasteiger partial charge in [0.1, 0.15) is 6.23 Å². The van der Waals surface area contributed by atoms with Gasteiger partial charge in [-0.3, -0.25) is 9.80 Å². The van der Waals surface area contributed by atoms with E-state index >= 15 is 0 Å². The molecule has 0 aromatic carbocycles. The van der Waals surface area contributed by atoms with E-state index in [2.05, 4.69) is 25.7 Å². The predicted molar refractivity (Wildman–Crippen MR) is 56.0 cm³/mol. The fraction of sp³-hybridized carbons (Fsp3) is 1.00. The molecule has 0 bridgehead atoms. The summed E-state index contributed by atoms with van der Waals surface area (Å²) >= 11 is 0. The lowest BCUT2D eigenvalue weighted by atomic mass is 10.0. The van der Waals surface area contributed by atoms with Gasteiger partial charge < -0.3 is 10.2 Å². The maximum absolute atomic E-state index is 9.81. The van der Waals surface area contributed by atoms with Gasteiger partial charge in [-0.25, -0.2) is 0 Å². The number of β-amino-alcohol motifs (C(OH)–C–C–N with tert-alkyl or cyclic N) is 2. The summed E-state index contributed by atoms with van der Waals surface area (Å²) in [5.74, 6) is 0. The summed E-state index contributed by atoms with van der Waals surface area (Å²) < 4.78 is 0. The lowest BCUT2D eigenvalue weighted by molar-refractivity contribution is -0.0822. The van der Waals surface area contributed by atoms with Crippen LogP contribution in [0.25, 0.3) is 0 Å². The minimum absolute atomic E-state index is 0.117. The maximum atomic E-state index is 9.81. The van der Waals surface area contributed by atoms with Gasteiger partial charge in [0.2, 0.25) is 0 Å². The van der Waals surface area contributed by atoms with E-state index in [9.17, 15) is 5.11 Å². The summed E-state index contributed by atoms with van der Waals surface area (Å²) in [5.41, 5.74) is 0.117. The molecule has 0 aliphatic carbocycles. The Morgan fingerprint density at radius 2 is 1.93 bits per heavy atom. The molecule has 1 aliphatic rings. The molecule has 1 unspecified atom stereocenters. The number of aliphatic hydroxyl groups excluding tert-OH is 2. The summed E-state index contributed by atoms with van der Waals surface area (Å²) in [4.78, 5) is 4.19. The molecule has 14 heavy (non-hydrogen) atoms. The van der Waals surface area contributed by atoms with Crippen LogP contribution < -0.4 is 0 Å². The van der Waals surface area contributed by atoms with Gasteiger partial charge in [0.25, 0.3) is 0 Å². The molecule has 2 N–H and O–H groups in total. The first-order chi connectivity index (χ1) is 6.45. The van der Waals surface area contributed by atoms with Crippen LogP contribution in [0.4, 0.5) is 0 Å². The van der Waals surface area contributed by atoms with Crippen molar-refractivity contribution in [2.45, 2.75) is 32.5 Å². The zero-order chi connectivity index (χ0) is 10.8. The minimum Gasteiger partial charge on any atom is -0.395 e. The molecule has 0 aromatic heterocycles. The summed E-state index contributed by atoms with van der Waals surface area (Å²) in [6, 6.07) is 0. The molecule has 0 aromatic rings. The number of rotatable bonds is 2. The molecule has 0 radical (unpaired) electrons. The Kier molecular flexibility index (Phi) is 3.89. The molecule has 84 valence electrons. The summed E-state index contributed by atoms with van der Waals surface area (Å²) in [5, 5.41) is 18.6. The van der Waals surface area contributed by atoms with Crippen molar-refractivity contribution >= 4 is 0 Å². The Morgan fingerprint density at radius 3 is 2.36 bits per heavy atom. The molecule has 0 amide bonds. The standard InChI is InChI=1S/C10H22N2O2/c1-10(2,3)12-5-4-11(6-7-13)9(14)8-12/h9,13-14H,4-8H2,1-3H3. The Bertz CT molecular complexity index is 179. The third kappa shape index (κ3) is 2.92. The van der Waals surface area contributed by atoms with Crippen molar-refractivity contribution in [3.8, 4) is 0 Å². The summed E-state index contributed by atoms with van der Waals surface area (Å²) in [7, 11) is 0. The summed E-state index contributed by atoms with van der Waals surface area (Å²) in [6.45, 7) is 9.61. The smallest absolute Gasteiger partial charge is 0.120 e. The average molecular weight is 202 g/mol. The first-order valence-electron chi connectivity index (χ1n) is 5.23. The normalized spacial score (nSPS) is 26.8. The van der Waals surface area contributed by atoms with Crippen molar-refractivity contribution in [3.63, 3.8) is 0 Å². The highest BCUT2D eigenvalue weighted by atomic mass is 16.3. The Hall–Kier alpha value is -0.160. The fourth-order valence-corrected chi connectivity index (χ4v) is 1.80. The fourth-order valence-electron chi connectivity index (χ4n) is 1.80. The monoisotopic (exact) mass is 202 g/mol. The zero-order valence-electron chi connectivity index (χ0n) is 9.40. The van der Waals surface area contributed by atoms with Crippen LogP contribution in [0.1, 0.15) is 20.8 Å². The first-order valence-corrected chi connectivity index (χ1v) is 5.23. The van der Waals surface area contributed by atoms with Crippen LogP contribution in [0.15, 0.2) is 0 Å². The van der Waals surface area contributed by atoms with E-state index in [1.54, 1.807) is 0 Å². The molecule has 1 heterocycles. The largest absolute Gasteiger partial charge is 0.395 e. The van der Waals surface area contributed by atoms with Crippen molar-refractivity contribution in [2.75, 3.05) is 32.8 Å². The molecule has 4 nitrogen and oxygen atoms in total. The topological polar surface area (TPSA) is 46.9 Å². The Balaban J connectivity index is 2.46. The number of piperazine rings is 1.